The van der Waals surface area contributed by atoms with Crippen LogP contribution in [0.1, 0.15) is 29.8 Å². The first-order valence-corrected chi connectivity index (χ1v) is 10.3. The fraction of sp³-hybridized carbons (Fsp3) is 0.217. The van der Waals surface area contributed by atoms with Crippen LogP contribution in [-0.2, 0) is 9.53 Å². The first-order valence-electron chi connectivity index (χ1n) is 9.90. The summed E-state index contributed by atoms with van der Waals surface area (Å²) in [6.07, 6.45) is -0.904. The fourth-order valence-electron chi connectivity index (χ4n) is 2.82. The number of carbonyl (C=O) groups excluding carboxylic acids is 2. The second-order valence-electron chi connectivity index (χ2n) is 6.90. The number of hydrogen-bond donors (Lipinski definition) is 1. The molecule has 0 bridgehead atoms. The molecule has 1 amide bonds. The molecule has 0 saturated carbocycles. The summed E-state index contributed by atoms with van der Waals surface area (Å²) in [5.74, 6) is -0.755. The van der Waals surface area contributed by atoms with Gasteiger partial charge in [-0.2, -0.15) is 4.68 Å². The van der Waals surface area contributed by atoms with E-state index in [1.54, 1.807) is 56.3 Å². The number of esters is 1. The topological polar surface area (TPSA) is 99.5 Å². The van der Waals surface area contributed by atoms with Crippen molar-refractivity contribution < 1.29 is 19.1 Å². The third-order valence-electron chi connectivity index (χ3n) is 4.51. The van der Waals surface area contributed by atoms with Crippen LogP contribution >= 0.6 is 11.6 Å². The van der Waals surface area contributed by atoms with Crippen LogP contribution in [0.4, 0.5) is 5.69 Å². The molecule has 0 unspecified atom stereocenters. The maximum atomic E-state index is 12.5. The smallest absolute Gasteiger partial charge is 0.338 e. The van der Waals surface area contributed by atoms with Crippen LogP contribution in [0.15, 0.2) is 59.4 Å². The number of carbonyl (C=O) groups is 2. The third-order valence-corrected chi connectivity index (χ3v) is 4.74. The number of halogens is 1. The van der Waals surface area contributed by atoms with Gasteiger partial charge in [-0.1, -0.05) is 17.7 Å². The van der Waals surface area contributed by atoms with Gasteiger partial charge in [0.05, 0.1) is 17.9 Å². The monoisotopic (exact) mass is 455 g/mol. The molecule has 0 radical (unpaired) electrons. The summed E-state index contributed by atoms with van der Waals surface area (Å²) in [5.41, 5.74) is 1.84. The van der Waals surface area contributed by atoms with E-state index in [0.29, 0.717) is 22.0 Å². The normalized spacial score (nSPS) is 11.5. The van der Waals surface area contributed by atoms with E-state index < -0.39 is 18.0 Å². The van der Waals surface area contributed by atoms with E-state index >= 15 is 0 Å². The molecule has 9 heteroatoms. The Morgan fingerprint density at radius 3 is 2.53 bits per heavy atom. The lowest BCUT2D eigenvalue weighted by molar-refractivity contribution is -0.122. The predicted octanol–water partition coefficient (Wildman–Crippen LogP) is 3.78. The highest BCUT2D eigenvalue weighted by atomic mass is 35.5. The molecular formula is C23H22ClN3O5. The van der Waals surface area contributed by atoms with E-state index in [1.165, 1.54) is 16.8 Å². The lowest BCUT2D eigenvalue weighted by Crippen LogP contribution is -2.31. The van der Waals surface area contributed by atoms with E-state index in [0.717, 1.165) is 5.56 Å². The maximum absolute atomic E-state index is 12.5. The molecule has 1 heterocycles. The Morgan fingerprint density at radius 1 is 1.12 bits per heavy atom. The number of aromatic nitrogens is 2. The lowest BCUT2D eigenvalue weighted by atomic mass is 10.2. The van der Waals surface area contributed by atoms with Crippen LogP contribution in [-0.4, -0.2) is 34.4 Å². The predicted molar refractivity (Wildman–Crippen MR) is 121 cm³/mol. The van der Waals surface area contributed by atoms with Crippen molar-refractivity contribution in [1.82, 2.24) is 9.78 Å². The summed E-state index contributed by atoms with van der Waals surface area (Å²) < 4.78 is 11.7. The highest BCUT2D eigenvalue weighted by Gasteiger charge is 2.17. The largest absolute Gasteiger partial charge is 0.463 e. The Hall–Kier alpha value is -3.65. The molecule has 8 nitrogen and oxygen atoms in total. The second kappa shape index (κ2) is 10.1. The summed E-state index contributed by atoms with van der Waals surface area (Å²) in [6.45, 7) is 5.40. The van der Waals surface area contributed by atoms with E-state index in [4.69, 9.17) is 21.1 Å². The molecule has 0 aliphatic carbocycles. The van der Waals surface area contributed by atoms with Gasteiger partial charge in [0.15, 0.2) is 6.10 Å². The quantitative estimate of drug-likeness (QED) is 0.544. The molecule has 1 aromatic heterocycles. The molecule has 0 aliphatic rings. The zero-order valence-electron chi connectivity index (χ0n) is 17.8. The van der Waals surface area contributed by atoms with Crippen molar-refractivity contribution >= 4 is 29.2 Å². The number of amides is 1. The summed E-state index contributed by atoms with van der Waals surface area (Å²) in [4.78, 5) is 36.5. The van der Waals surface area contributed by atoms with Gasteiger partial charge in [0.1, 0.15) is 0 Å². The molecule has 166 valence electrons. The van der Waals surface area contributed by atoms with Crippen LogP contribution in [0, 0.1) is 6.92 Å². The van der Waals surface area contributed by atoms with Gasteiger partial charge in [-0.25, -0.2) is 4.79 Å². The van der Waals surface area contributed by atoms with Gasteiger partial charge in [-0.3, -0.25) is 9.59 Å². The van der Waals surface area contributed by atoms with Gasteiger partial charge in [0, 0.05) is 22.8 Å². The van der Waals surface area contributed by atoms with Crippen molar-refractivity contribution in [3.63, 3.8) is 0 Å². The number of nitrogens with zero attached hydrogens (tertiary/aromatic N) is 2. The molecule has 1 N–H and O–H groups in total. The number of hydrogen-bond acceptors (Lipinski definition) is 6. The van der Waals surface area contributed by atoms with Crippen LogP contribution in [0.3, 0.4) is 0 Å². The summed E-state index contributed by atoms with van der Waals surface area (Å²) in [5, 5.41) is 7.38. The highest BCUT2D eigenvalue weighted by Crippen LogP contribution is 2.19. The maximum Gasteiger partial charge on any atom is 0.338 e. The Morgan fingerprint density at radius 2 is 1.84 bits per heavy atom. The van der Waals surface area contributed by atoms with Crippen molar-refractivity contribution in [1.29, 1.82) is 0 Å². The number of ether oxygens (including phenoxy) is 2. The van der Waals surface area contributed by atoms with Gasteiger partial charge < -0.3 is 14.8 Å². The first-order chi connectivity index (χ1) is 15.3. The van der Waals surface area contributed by atoms with E-state index in [-0.39, 0.29) is 18.0 Å². The first kappa shape index (κ1) is 23.0. The number of anilines is 1. The second-order valence-corrected chi connectivity index (χ2v) is 7.34. The summed E-state index contributed by atoms with van der Waals surface area (Å²) in [7, 11) is 0. The minimum absolute atomic E-state index is 0.101. The number of benzene rings is 2. The fourth-order valence-corrected chi connectivity index (χ4v) is 2.99. The zero-order valence-corrected chi connectivity index (χ0v) is 18.6. The highest BCUT2D eigenvalue weighted by molar-refractivity contribution is 6.30. The number of nitrogens with one attached hydrogen (secondary N) is 1. The Bertz CT molecular complexity index is 1190. The Labute approximate surface area is 189 Å². The van der Waals surface area contributed by atoms with Gasteiger partial charge in [0.2, 0.25) is 5.88 Å². The van der Waals surface area contributed by atoms with Crippen molar-refractivity contribution in [3.05, 3.63) is 81.1 Å². The molecule has 0 aliphatic heterocycles. The van der Waals surface area contributed by atoms with Crippen LogP contribution in [0.25, 0.3) is 5.69 Å². The molecule has 2 aromatic carbocycles. The van der Waals surface area contributed by atoms with Crippen molar-refractivity contribution in [3.8, 4) is 11.6 Å². The zero-order chi connectivity index (χ0) is 23.3. The SMILES string of the molecule is CCOC(=O)c1ccc(NC(=O)[C@@H](C)Oc2ccc(=O)n(-c3cc(Cl)ccc3C)n2)cc1. The molecule has 1 atom stereocenters. The molecular weight excluding hydrogens is 434 g/mol. The average Bonchev–Trinajstić information content (AvgIpc) is 2.77. The number of aryl methyl sites for hydroxylation is 1. The van der Waals surface area contributed by atoms with Gasteiger partial charge >= 0.3 is 5.97 Å². The van der Waals surface area contributed by atoms with E-state index in [1.807, 2.05) is 6.92 Å². The lowest BCUT2D eigenvalue weighted by Gasteiger charge is -2.15. The third kappa shape index (κ3) is 5.53. The Balaban J connectivity index is 1.71. The minimum Gasteiger partial charge on any atom is -0.463 e. The molecule has 32 heavy (non-hydrogen) atoms. The summed E-state index contributed by atoms with van der Waals surface area (Å²) >= 11 is 6.05. The average molecular weight is 456 g/mol. The van der Waals surface area contributed by atoms with Gasteiger partial charge in [-0.05, 0) is 62.7 Å². The molecule has 3 aromatic rings. The van der Waals surface area contributed by atoms with Crippen molar-refractivity contribution in [2.24, 2.45) is 0 Å². The molecule has 0 fully saturated rings. The molecule has 3 rings (SSSR count). The molecule has 0 spiro atoms. The Kier molecular flexibility index (Phi) is 7.27. The molecule has 0 saturated heterocycles. The summed E-state index contributed by atoms with van der Waals surface area (Å²) in [6, 6.07) is 14.1. The van der Waals surface area contributed by atoms with E-state index in [2.05, 4.69) is 10.4 Å². The standard InChI is InChI=1S/C23H22ClN3O5/c1-4-31-23(30)16-6-9-18(10-7-16)25-22(29)15(3)32-20-11-12-21(28)27(26-20)19-13-17(24)8-5-14(19)2/h5-13,15H,4H2,1-3H3,(H,25,29)/t15-/m1/s1. The minimum atomic E-state index is -0.904. The van der Waals surface area contributed by atoms with Crippen LogP contribution in [0.2, 0.25) is 5.02 Å². The van der Waals surface area contributed by atoms with Crippen LogP contribution < -0.4 is 15.6 Å². The number of rotatable bonds is 7. The van der Waals surface area contributed by atoms with Crippen molar-refractivity contribution in [2.75, 3.05) is 11.9 Å². The van der Waals surface area contributed by atoms with Gasteiger partial charge in [-0.15, -0.1) is 5.10 Å². The van der Waals surface area contributed by atoms with E-state index in [9.17, 15) is 14.4 Å². The van der Waals surface area contributed by atoms with Crippen LogP contribution in [0.5, 0.6) is 5.88 Å². The van der Waals surface area contributed by atoms with Gasteiger partial charge in [0.25, 0.3) is 11.5 Å². The van der Waals surface area contributed by atoms with Crippen molar-refractivity contribution in [2.45, 2.75) is 26.9 Å².